The smallest absolute Gasteiger partial charge is 0.276 e. The second kappa shape index (κ2) is 10.8. The number of aromatic nitrogens is 2. The van der Waals surface area contributed by atoms with Gasteiger partial charge in [0.1, 0.15) is 11.5 Å². The van der Waals surface area contributed by atoms with Crippen LogP contribution in [0.4, 0.5) is 11.5 Å². The number of hydrogen-bond acceptors (Lipinski definition) is 8. The molecular weight excluding hydrogens is 474 g/mol. The summed E-state index contributed by atoms with van der Waals surface area (Å²) >= 11 is 1.74. The van der Waals surface area contributed by atoms with Crippen LogP contribution in [-0.4, -0.2) is 59.4 Å². The third-order valence-electron chi connectivity index (χ3n) is 6.14. The average molecular weight is 502 g/mol. The highest BCUT2D eigenvalue weighted by Crippen LogP contribution is 2.29. The fourth-order valence-corrected chi connectivity index (χ4v) is 5.07. The lowest BCUT2D eigenvalue weighted by Gasteiger charge is -2.34. The van der Waals surface area contributed by atoms with E-state index in [1.54, 1.807) is 60.9 Å². The van der Waals surface area contributed by atoms with Gasteiger partial charge in [-0.25, -0.2) is 0 Å². The van der Waals surface area contributed by atoms with Crippen molar-refractivity contribution in [1.29, 1.82) is 0 Å². The van der Waals surface area contributed by atoms with Gasteiger partial charge in [0.05, 0.1) is 7.11 Å². The highest BCUT2D eigenvalue weighted by atomic mass is 32.1. The Morgan fingerprint density at radius 3 is 2.50 bits per heavy atom. The van der Waals surface area contributed by atoms with Crippen LogP contribution < -0.4 is 15.0 Å². The number of carbonyl (C=O) groups excluding carboxylic acids is 1. The number of piperazine rings is 1. The molecule has 0 saturated carbocycles. The van der Waals surface area contributed by atoms with E-state index in [1.807, 2.05) is 18.2 Å². The molecule has 1 aliphatic rings. The maximum Gasteiger partial charge on any atom is 0.276 e. The molecule has 5 rings (SSSR count). The zero-order chi connectivity index (χ0) is 24.9. The number of methoxy groups -OCH3 is 1. The summed E-state index contributed by atoms with van der Waals surface area (Å²) in [6.45, 7) is 4.42. The first-order chi connectivity index (χ1) is 17.6. The van der Waals surface area contributed by atoms with Crippen molar-refractivity contribution in [3.05, 3.63) is 82.7 Å². The average Bonchev–Trinajstić information content (AvgIpc) is 3.38. The first-order valence-electron chi connectivity index (χ1n) is 11.7. The lowest BCUT2D eigenvalue weighted by Crippen LogP contribution is -2.46. The quantitative estimate of drug-likeness (QED) is 0.385. The first kappa shape index (κ1) is 23.8. The van der Waals surface area contributed by atoms with Crippen LogP contribution in [0.2, 0.25) is 0 Å². The van der Waals surface area contributed by atoms with Crippen molar-refractivity contribution in [3.8, 4) is 22.6 Å². The molecule has 0 spiro atoms. The van der Waals surface area contributed by atoms with Crippen molar-refractivity contribution in [2.45, 2.75) is 6.54 Å². The van der Waals surface area contributed by atoms with Crippen molar-refractivity contribution in [2.75, 3.05) is 43.5 Å². The molecule has 9 heteroatoms. The molecule has 0 atom stereocenters. The van der Waals surface area contributed by atoms with E-state index >= 15 is 0 Å². The number of phenols is 1. The minimum absolute atomic E-state index is 0.272. The van der Waals surface area contributed by atoms with Crippen LogP contribution in [0.25, 0.3) is 11.1 Å². The van der Waals surface area contributed by atoms with Gasteiger partial charge in [-0.3, -0.25) is 9.69 Å². The highest BCUT2D eigenvalue weighted by Gasteiger charge is 2.20. The number of benzene rings is 2. The van der Waals surface area contributed by atoms with Crippen molar-refractivity contribution in [2.24, 2.45) is 0 Å². The number of ether oxygens (including phenoxy) is 1. The molecule has 36 heavy (non-hydrogen) atoms. The maximum atomic E-state index is 12.5. The molecule has 3 heterocycles. The number of rotatable bonds is 7. The van der Waals surface area contributed by atoms with Gasteiger partial charge in [-0.15, -0.1) is 21.5 Å². The van der Waals surface area contributed by atoms with E-state index in [2.05, 4.69) is 36.8 Å². The standard InChI is InChI=1S/C27H27N5O3S/c1-35-23-7-5-21(6-8-23)28-27(34)25-9-10-26(30-29-25)32-13-11-31(12-14-32)17-24-16-20(18-36-24)19-3-2-4-22(33)15-19/h2-10,15-16,18,33H,11-14,17H2,1H3,(H,28,34). The van der Waals surface area contributed by atoms with Crippen molar-refractivity contribution in [1.82, 2.24) is 15.1 Å². The molecule has 1 amide bonds. The third-order valence-corrected chi connectivity index (χ3v) is 7.06. The summed E-state index contributed by atoms with van der Waals surface area (Å²) in [5, 5.41) is 23.2. The van der Waals surface area contributed by atoms with Crippen LogP contribution >= 0.6 is 11.3 Å². The predicted molar refractivity (Wildman–Crippen MR) is 142 cm³/mol. The summed E-state index contributed by atoms with van der Waals surface area (Å²) in [5.41, 5.74) is 3.11. The van der Waals surface area contributed by atoms with E-state index in [9.17, 15) is 9.90 Å². The van der Waals surface area contributed by atoms with E-state index in [0.29, 0.717) is 5.69 Å². The Bertz CT molecular complexity index is 1320. The number of amides is 1. The molecule has 1 fully saturated rings. The summed E-state index contributed by atoms with van der Waals surface area (Å²) in [5.74, 6) is 1.49. The second-order valence-electron chi connectivity index (χ2n) is 8.57. The Kier molecular flexibility index (Phi) is 7.11. The van der Waals surface area contributed by atoms with Gasteiger partial charge in [0.15, 0.2) is 11.5 Å². The van der Waals surface area contributed by atoms with Crippen molar-refractivity contribution < 1.29 is 14.6 Å². The highest BCUT2D eigenvalue weighted by molar-refractivity contribution is 7.10. The summed E-state index contributed by atoms with van der Waals surface area (Å²) in [7, 11) is 1.60. The van der Waals surface area contributed by atoms with Crippen LogP contribution in [-0.2, 0) is 6.54 Å². The third kappa shape index (κ3) is 5.64. The fraction of sp³-hybridized carbons (Fsp3) is 0.222. The minimum atomic E-state index is -0.301. The monoisotopic (exact) mass is 501 g/mol. The molecule has 0 radical (unpaired) electrons. The van der Waals surface area contributed by atoms with Crippen molar-refractivity contribution in [3.63, 3.8) is 0 Å². The lowest BCUT2D eigenvalue weighted by atomic mass is 10.1. The van der Waals surface area contributed by atoms with Crippen LogP contribution in [0.1, 0.15) is 15.4 Å². The van der Waals surface area contributed by atoms with Gasteiger partial charge in [-0.1, -0.05) is 12.1 Å². The molecule has 0 unspecified atom stereocenters. The number of anilines is 2. The van der Waals surface area contributed by atoms with Gasteiger partial charge in [-0.05, 0) is 71.1 Å². The Balaban J connectivity index is 1.13. The molecule has 0 aliphatic carbocycles. The number of nitrogens with zero attached hydrogens (tertiary/aromatic N) is 4. The van der Waals surface area contributed by atoms with Crippen molar-refractivity contribution >= 4 is 28.7 Å². The molecule has 184 valence electrons. The predicted octanol–water partition coefficient (Wildman–Crippen LogP) is 4.49. The lowest BCUT2D eigenvalue weighted by molar-refractivity contribution is 0.102. The largest absolute Gasteiger partial charge is 0.508 e. The second-order valence-corrected chi connectivity index (χ2v) is 9.57. The van der Waals surface area contributed by atoms with Gasteiger partial charge in [0.25, 0.3) is 5.91 Å². The number of thiophene rings is 1. The maximum absolute atomic E-state index is 12.5. The number of hydrogen-bond donors (Lipinski definition) is 2. The molecule has 8 nitrogen and oxygen atoms in total. The Hall–Kier alpha value is -3.95. The topological polar surface area (TPSA) is 90.8 Å². The van der Waals surface area contributed by atoms with Crippen LogP contribution in [0.15, 0.2) is 72.1 Å². The molecule has 2 aromatic carbocycles. The molecule has 2 aromatic heterocycles. The minimum Gasteiger partial charge on any atom is -0.508 e. The Labute approximate surface area is 213 Å². The van der Waals surface area contributed by atoms with Gasteiger partial charge in [0.2, 0.25) is 0 Å². The summed E-state index contributed by atoms with van der Waals surface area (Å²) in [4.78, 5) is 18.4. The van der Waals surface area contributed by atoms with E-state index in [0.717, 1.165) is 55.4 Å². The number of nitrogens with one attached hydrogen (secondary N) is 1. The molecule has 2 N–H and O–H groups in total. The zero-order valence-electron chi connectivity index (χ0n) is 19.9. The molecular formula is C27H27N5O3S. The molecule has 4 aromatic rings. The van der Waals surface area contributed by atoms with Crippen LogP contribution in [0.5, 0.6) is 11.5 Å². The number of carbonyl (C=O) groups is 1. The zero-order valence-corrected chi connectivity index (χ0v) is 20.7. The van der Waals surface area contributed by atoms with Gasteiger partial charge in [-0.2, -0.15) is 0 Å². The first-order valence-corrected chi connectivity index (χ1v) is 12.6. The summed E-state index contributed by atoms with van der Waals surface area (Å²) < 4.78 is 5.14. The molecule has 0 bridgehead atoms. The van der Waals surface area contributed by atoms with E-state index in [1.165, 1.54) is 4.88 Å². The van der Waals surface area contributed by atoms with Crippen LogP contribution in [0, 0.1) is 0 Å². The summed E-state index contributed by atoms with van der Waals surface area (Å²) in [6, 6.07) is 20.3. The Morgan fingerprint density at radius 1 is 1.00 bits per heavy atom. The Morgan fingerprint density at radius 2 is 1.81 bits per heavy atom. The van der Waals surface area contributed by atoms with Gasteiger partial charge in [0, 0.05) is 43.3 Å². The number of aromatic hydroxyl groups is 1. The van der Waals surface area contributed by atoms with E-state index < -0.39 is 0 Å². The van der Waals surface area contributed by atoms with Gasteiger partial charge < -0.3 is 20.1 Å². The van der Waals surface area contributed by atoms with Gasteiger partial charge >= 0.3 is 0 Å². The van der Waals surface area contributed by atoms with Crippen LogP contribution in [0.3, 0.4) is 0 Å². The molecule has 1 saturated heterocycles. The summed E-state index contributed by atoms with van der Waals surface area (Å²) in [6.07, 6.45) is 0. The normalized spacial score (nSPS) is 14.0. The SMILES string of the molecule is COc1ccc(NC(=O)c2ccc(N3CCN(Cc4cc(-c5cccc(O)c5)cs4)CC3)nn2)cc1. The van der Waals surface area contributed by atoms with E-state index in [4.69, 9.17) is 4.74 Å². The molecule has 1 aliphatic heterocycles. The number of phenolic OH excluding ortho intramolecular Hbond substituents is 1. The van der Waals surface area contributed by atoms with E-state index in [-0.39, 0.29) is 17.4 Å². The fourth-order valence-electron chi connectivity index (χ4n) is 4.14.